The molecule has 88 valence electrons. The number of primary amides is 1. The van der Waals surface area contributed by atoms with Crippen LogP contribution in [0.5, 0.6) is 0 Å². The predicted molar refractivity (Wildman–Crippen MR) is 68.3 cm³/mol. The fourth-order valence-electron chi connectivity index (χ4n) is 3.02. The molecule has 2 aliphatic rings. The van der Waals surface area contributed by atoms with Crippen molar-refractivity contribution in [3.05, 3.63) is 40.5 Å². The van der Waals surface area contributed by atoms with Gasteiger partial charge in [-0.05, 0) is 54.9 Å². The summed E-state index contributed by atoms with van der Waals surface area (Å²) in [7, 11) is 0. The van der Waals surface area contributed by atoms with E-state index in [2.05, 4.69) is 25.1 Å². The molecule has 2 N–H and O–H groups in total. The maximum absolute atomic E-state index is 11.6. The van der Waals surface area contributed by atoms with Gasteiger partial charge in [0.25, 0.3) is 0 Å². The smallest absolute Gasteiger partial charge is 0.224 e. The molecule has 0 radical (unpaired) electrons. The number of amides is 1. The lowest BCUT2D eigenvalue weighted by Gasteiger charge is -2.22. The van der Waals surface area contributed by atoms with Gasteiger partial charge in [0.05, 0.1) is 5.89 Å². The number of rotatable bonds is 1. The Morgan fingerprint density at radius 2 is 2.35 bits per heavy atom. The van der Waals surface area contributed by atoms with Gasteiger partial charge in [-0.2, -0.15) is 0 Å². The van der Waals surface area contributed by atoms with Gasteiger partial charge in [-0.1, -0.05) is 23.8 Å². The zero-order chi connectivity index (χ0) is 12.9. The number of fused-ring (bicyclic) bond motifs is 2. The minimum absolute atomic E-state index is 0.501. The minimum atomic E-state index is -1.18. The summed E-state index contributed by atoms with van der Waals surface area (Å²) in [5.41, 5.74) is 11.3. The number of hydrogen-bond acceptors (Lipinski definition) is 1. The maximum Gasteiger partial charge on any atom is 0.224 e. The lowest BCUT2D eigenvalue weighted by atomic mass is 9.82. The van der Waals surface area contributed by atoms with Crippen molar-refractivity contribution in [2.45, 2.75) is 32.6 Å². The molecular formula is C15H17NO. The molecule has 0 fully saturated rings. The first kappa shape index (κ1) is 9.46. The third-order valence-corrected chi connectivity index (χ3v) is 3.84. The summed E-state index contributed by atoms with van der Waals surface area (Å²) in [6, 6.07) is 6.38. The first-order valence-electron chi connectivity index (χ1n) is 6.65. The molecule has 0 unspecified atom stereocenters. The second-order valence-corrected chi connectivity index (χ2v) is 4.99. The molecule has 0 saturated carbocycles. The molecule has 0 spiro atoms. The van der Waals surface area contributed by atoms with E-state index in [9.17, 15) is 4.79 Å². The highest BCUT2D eigenvalue weighted by Gasteiger charge is 2.32. The normalized spacial score (nSPS) is 27.5. The van der Waals surface area contributed by atoms with E-state index in [1.54, 1.807) is 0 Å². The highest BCUT2D eigenvalue weighted by molar-refractivity contribution is 5.87. The van der Waals surface area contributed by atoms with Crippen LogP contribution in [0.15, 0.2) is 23.8 Å². The average molecular weight is 228 g/mol. The molecule has 3 rings (SSSR count). The van der Waals surface area contributed by atoms with E-state index in [1.165, 1.54) is 22.3 Å². The Balaban J connectivity index is 2.15. The van der Waals surface area contributed by atoms with Gasteiger partial charge in [-0.15, -0.1) is 0 Å². The Kier molecular flexibility index (Phi) is 2.07. The van der Waals surface area contributed by atoms with Crippen LogP contribution < -0.4 is 5.73 Å². The van der Waals surface area contributed by atoms with Gasteiger partial charge in [0.1, 0.15) is 0 Å². The van der Waals surface area contributed by atoms with Crippen LogP contribution in [0.3, 0.4) is 0 Å². The minimum Gasteiger partial charge on any atom is -0.369 e. The van der Waals surface area contributed by atoms with E-state index in [0.29, 0.717) is 6.42 Å². The molecule has 2 nitrogen and oxygen atoms in total. The molecular weight excluding hydrogens is 210 g/mol. The molecule has 2 aliphatic carbocycles. The largest absolute Gasteiger partial charge is 0.369 e. The van der Waals surface area contributed by atoms with Crippen LogP contribution in [-0.2, 0) is 11.2 Å². The summed E-state index contributed by atoms with van der Waals surface area (Å²) in [6.45, 7) is 2.07. The van der Waals surface area contributed by atoms with Crippen molar-refractivity contribution in [1.29, 1.82) is 0 Å². The van der Waals surface area contributed by atoms with Gasteiger partial charge in [0.2, 0.25) is 5.91 Å². The number of benzene rings is 1. The maximum atomic E-state index is 11.6. The molecule has 1 aromatic carbocycles. The molecule has 0 heterocycles. The van der Waals surface area contributed by atoms with Crippen LogP contribution in [0, 0.1) is 12.8 Å². The summed E-state index contributed by atoms with van der Waals surface area (Å²) in [5, 5.41) is 0. The first-order chi connectivity index (χ1) is 8.52. The number of hydrogen-bond donors (Lipinski definition) is 1. The number of allylic oxidation sites excluding steroid dienone is 1. The zero-order valence-corrected chi connectivity index (χ0v) is 10.0. The summed E-state index contributed by atoms with van der Waals surface area (Å²) in [4.78, 5) is 11.6. The monoisotopic (exact) mass is 228 g/mol. The van der Waals surface area contributed by atoms with Crippen molar-refractivity contribution < 1.29 is 6.17 Å². The fraction of sp³-hybridized carbons (Fsp3) is 0.400. The van der Waals surface area contributed by atoms with E-state index >= 15 is 0 Å². The van der Waals surface area contributed by atoms with E-state index < -0.39 is 11.8 Å². The van der Waals surface area contributed by atoms with E-state index in [-0.39, 0.29) is 0 Å². The number of nitrogens with two attached hydrogens (primary N) is 1. The lowest BCUT2D eigenvalue weighted by Crippen LogP contribution is -2.27. The van der Waals surface area contributed by atoms with E-state index in [0.717, 1.165) is 24.8 Å². The Morgan fingerprint density at radius 3 is 3.12 bits per heavy atom. The molecule has 0 aromatic heterocycles. The molecule has 1 amide bonds. The molecule has 17 heavy (non-hydrogen) atoms. The Hall–Kier alpha value is -1.57. The van der Waals surface area contributed by atoms with E-state index in [4.69, 9.17) is 7.10 Å². The number of carbonyl (C=O) groups is 1. The van der Waals surface area contributed by atoms with Crippen molar-refractivity contribution in [1.82, 2.24) is 0 Å². The van der Waals surface area contributed by atoms with Crippen molar-refractivity contribution in [2.24, 2.45) is 11.6 Å². The molecule has 0 saturated heterocycles. The summed E-state index contributed by atoms with van der Waals surface area (Å²) in [6.07, 6.45) is 3.13. The molecule has 1 aromatic rings. The fourth-order valence-corrected chi connectivity index (χ4v) is 3.02. The highest BCUT2D eigenvalue weighted by Crippen LogP contribution is 2.44. The number of aryl methyl sites for hydroxylation is 1. The van der Waals surface area contributed by atoms with Gasteiger partial charge in [0.15, 0.2) is 0 Å². The average Bonchev–Trinajstić information content (AvgIpc) is 2.69. The standard InChI is InChI=1S/C15H17NO/c1-9-5-6-10-8-14-11(13(10)7-9)3-2-4-12(14)15(16)17/h5-7,12H,2-4,8H2,1H3,(H2,16,17)/t12-/m0/s1/i12D. The number of carbonyl (C=O) groups excluding carboxylic acids is 1. The highest BCUT2D eigenvalue weighted by atomic mass is 16.1. The van der Waals surface area contributed by atoms with Gasteiger partial charge in [0, 0.05) is 1.37 Å². The van der Waals surface area contributed by atoms with Crippen LogP contribution >= 0.6 is 0 Å². The van der Waals surface area contributed by atoms with Crippen molar-refractivity contribution in [3.63, 3.8) is 0 Å². The van der Waals surface area contributed by atoms with Gasteiger partial charge >= 0.3 is 0 Å². The van der Waals surface area contributed by atoms with Crippen molar-refractivity contribution in [2.75, 3.05) is 0 Å². The van der Waals surface area contributed by atoms with Crippen LogP contribution in [0.2, 0.25) is 0 Å². The van der Waals surface area contributed by atoms with E-state index in [1.807, 2.05) is 0 Å². The Bertz CT molecular complexity index is 576. The quantitative estimate of drug-likeness (QED) is 0.788. The topological polar surface area (TPSA) is 43.1 Å². The third kappa shape index (κ3) is 1.59. The van der Waals surface area contributed by atoms with Gasteiger partial charge in [-0.3, -0.25) is 4.79 Å². The van der Waals surface area contributed by atoms with Crippen molar-refractivity contribution >= 4 is 11.5 Å². The first-order valence-corrected chi connectivity index (χ1v) is 6.15. The van der Waals surface area contributed by atoms with Crippen LogP contribution in [0.1, 0.15) is 37.3 Å². The van der Waals surface area contributed by atoms with Crippen LogP contribution in [0.25, 0.3) is 5.57 Å². The van der Waals surface area contributed by atoms with Crippen LogP contribution in [0.4, 0.5) is 0 Å². The second kappa shape index (κ2) is 3.73. The summed E-state index contributed by atoms with van der Waals surface area (Å²) in [5.74, 6) is -1.68. The third-order valence-electron chi connectivity index (χ3n) is 3.84. The lowest BCUT2D eigenvalue weighted by molar-refractivity contribution is -0.121. The molecule has 2 heteroatoms. The second-order valence-electron chi connectivity index (χ2n) is 4.99. The summed E-state index contributed by atoms with van der Waals surface area (Å²) < 4.78 is 8.40. The summed E-state index contributed by atoms with van der Waals surface area (Å²) >= 11 is 0. The molecule has 0 aliphatic heterocycles. The zero-order valence-electron chi connectivity index (χ0n) is 11.0. The van der Waals surface area contributed by atoms with Gasteiger partial charge in [-0.25, -0.2) is 0 Å². The Labute approximate surface area is 103 Å². The van der Waals surface area contributed by atoms with Crippen molar-refractivity contribution in [3.8, 4) is 0 Å². The molecule has 0 bridgehead atoms. The predicted octanol–water partition coefficient (Wildman–Crippen LogP) is 2.59. The SMILES string of the molecule is [2H][C@]1(C(N)=O)CCCC2=C1Cc1ccc(C)cc12. The molecule has 1 atom stereocenters. The van der Waals surface area contributed by atoms with Gasteiger partial charge < -0.3 is 5.73 Å². The Morgan fingerprint density at radius 1 is 1.53 bits per heavy atom. The van der Waals surface area contributed by atoms with Crippen LogP contribution in [-0.4, -0.2) is 5.91 Å².